The molecule has 3 aromatic carbocycles. The zero-order valence-electron chi connectivity index (χ0n) is 31.5. The Morgan fingerprint density at radius 3 is 1.98 bits per heavy atom. The normalized spacial score (nSPS) is 12.2. The third-order valence-electron chi connectivity index (χ3n) is 8.96. The van der Waals surface area contributed by atoms with Crippen molar-refractivity contribution in [2.75, 3.05) is 19.0 Å². The van der Waals surface area contributed by atoms with Crippen LogP contribution in [0.2, 0.25) is 0 Å². The lowest BCUT2D eigenvalue weighted by Crippen LogP contribution is -2.19. The highest BCUT2D eigenvalue weighted by atomic mass is 19.4. The Bertz CT molecular complexity index is 1900. The number of hydrogen-bond donors (Lipinski definition) is 1. The van der Waals surface area contributed by atoms with Crippen molar-refractivity contribution in [2.24, 2.45) is 10.2 Å². The molecule has 4 rings (SSSR count). The quantitative estimate of drug-likeness (QED) is 0.0277. The first kappa shape index (κ1) is 42.4. The maximum atomic E-state index is 13.7. The van der Waals surface area contributed by atoms with Crippen molar-refractivity contribution in [3.63, 3.8) is 0 Å². The first-order chi connectivity index (χ1) is 26.6. The minimum Gasteiger partial charge on any atom is -0.870 e. The molecule has 0 saturated heterocycles. The number of rotatable bonds is 22. The number of nitrogens with one attached hydrogen (secondary N) is 1. The highest BCUT2D eigenvalue weighted by Gasteiger charge is 2.35. The van der Waals surface area contributed by atoms with E-state index in [9.17, 15) is 27.9 Å². The zero-order valence-corrected chi connectivity index (χ0v) is 31.5. The van der Waals surface area contributed by atoms with Gasteiger partial charge in [0, 0.05) is 5.39 Å². The number of halogens is 3. The Balaban J connectivity index is 1.39. The molecule has 55 heavy (non-hydrogen) atoms. The van der Waals surface area contributed by atoms with E-state index in [1.165, 1.54) is 120 Å². The number of unbranched alkanes of at least 4 members (excludes halogenated alkanes) is 13. The lowest BCUT2D eigenvalue weighted by molar-refractivity contribution is -0.245. The van der Waals surface area contributed by atoms with Crippen LogP contribution in [0.1, 0.15) is 119 Å². The molecule has 0 saturated carbocycles. The van der Waals surface area contributed by atoms with E-state index in [0.717, 1.165) is 25.7 Å². The molecule has 0 aliphatic carbocycles. The first-order valence-corrected chi connectivity index (χ1v) is 19.0. The molecule has 13 heteroatoms. The molecule has 0 radical (unpaired) electrons. The van der Waals surface area contributed by atoms with Gasteiger partial charge in [-0.15, -0.1) is 10.2 Å². The minimum atomic E-state index is -4.90. The van der Waals surface area contributed by atoms with Gasteiger partial charge >= 0.3 is 12.1 Å². The van der Waals surface area contributed by atoms with Crippen molar-refractivity contribution in [1.82, 2.24) is 9.97 Å². The van der Waals surface area contributed by atoms with Crippen LogP contribution < -0.4 is 15.2 Å². The number of esters is 1. The summed E-state index contributed by atoms with van der Waals surface area (Å²) in [5.74, 6) is -4.31. The average Bonchev–Trinajstić information content (AvgIpc) is 3.19. The molecule has 0 atom stereocenters. The maximum absolute atomic E-state index is 13.7. The number of para-hydroxylation sites is 1. The van der Waals surface area contributed by atoms with Gasteiger partial charge in [0.1, 0.15) is 11.4 Å². The van der Waals surface area contributed by atoms with Gasteiger partial charge in [-0.2, -0.15) is 13.2 Å². The number of carbonyl (C=O) groups excluding carboxylic acids is 2. The summed E-state index contributed by atoms with van der Waals surface area (Å²) in [5, 5.41) is 23.9. The number of methoxy groups -OCH3 is 1. The van der Waals surface area contributed by atoms with Crippen LogP contribution in [0.25, 0.3) is 16.7 Å². The molecular weight excluding hydrogens is 711 g/mol. The monoisotopic (exact) mass is 760 g/mol. The Labute approximate surface area is 320 Å². The van der Waals surface area contributed by atoms with Crippen LogP contribution in [0.4, 0.5) is 24.7 Å². The summed E-state index contributed by atoms with van der Waals surface area (Å²) >= 11 is 0. The lowest BCUT2D eigenvalue weighted by atomic mass is 10.0. The van der Waals surface area contributed by atoms with Crippen LogP contribution in [-0.4, -0.2) is 35.6 Å². The van der Waals surface area contributed by atoms with Gasteiger partial charge in [0.2, 0.25) is 5.82 Å². The van der Waals surface area contributed by atoms with Crippen molar-refractivity contribution < 1.29 is 37.3 Å². The fourth-order valence-electron chi connectivity index (χ4n) is 5.94. The molecule has 0 fully saturated rings. The van der Waals surface area contributed by atoms with Gasteiger partial charge < -0.3 is 19.9 Å². The zero-order chi connectivity index (χ0) is 39.5. The smallest absolute Gasteiger partial charge is 0.451 e. The average molecular weight is 761 g/mol. The standard InChI is InChI=1S/C42H50F3N5O5/c1-3-4-5-6-7-8-9-10-11-12-13-14-15-21-28-55-40(53)31-26-27-35(54-2)34(29-31)46-39(52)36(37(51)30-22-17-16-18-23-30)49-50-38-32-24-19-20-25-33(32)47-41(48-38)42(43,44)45/h16-20,22-27,29,51H,3-15,21,28H2,1-2H3,(H,46,52)/p-1/b37-36+,50-49?. The van der Waals surface area contributed by atoms with Crippen LogP contribution >= 0.6 is 0 Å². The second-order valence-corrected chi connectivity index (χ2v) is 13.2. The summed E-state index contributed by atoms with van der Waals surface area (Å²) in [6.45, 7) is 2.48. The number of azo groups is 1. The van der Waals surface area contributed by atoms with Gasteiger partial charge in [-0.3, -0.25) is 4.79 Å². The molecule has 0 bridgehead atoms. The van der Waals surface area contributed by atoms with E-state index in [-0.39, 0.29) is 40.1 Å². The van der Waals surface area contributed by atoms with Crippen molar-refractivity contribution in [1.29, 1.82) is 0 Å². The van der Waals surface area contributed by atoms with E-state index in [0.29, 0.717) is 0 Å². The third-order valence-corrected chi connectivity index (χ3v) is 8.96. The number of nitrogens with zero attached hydrogens (tertiary/aromatic N) is 4. The molecular formula is C42H49F3N5O5-. The predicted molar refractivity (Wildman–Crippen MR) is 205 cm³/mol. The molecule has 294 valence electrons. The molecule has 1 N–H and O–H groups in total. The summed E-state index contributed by atoms with van der Waals surface area (Å²) in [4.78, 5) is 33.7. The Morgan fingerprint density at radius 1 is 0.764 bits per heavy atom. The fraction of sp³-hybridized carbons (Fsp3) is 0.429. The predicted octanol–water partition coefficient (Wildman–Crippen LogP) is 10.7. The van der Waals surface area contributed by atoms with E-state index in [1.54, 1.807) is 24.3 Å². The Hall–Kier alpha value is -5.33. The van der Waals surface area contributed by atoms with Crippen LogP contribution in [0.3, 0.4) is 0 Å². The van der Waals surface area contributed by atoms with Crippen molar-refractivity contribution >= 4 is 40.0 Å². The van der Waals surface area contributed by atoms with E-state index in [1.807, 2.05) is 0 Å². The SMILES string of the molecule is CCCCCCCCCCCCCCCCOC(=O)c1ccc(OC)c(NC(=O)/C(N=Nc2nc(C(F)(F)F)nc3ccccc23)=C(\[O-])c2ccccc2)c1. The first-order valence-electron chi connectivity index (χ1n) is 19.0. The number of aromatic nitrogens is 2. The summed E-state index contributed by atoms with van der Waals surface area (Å²) in [5.41, 5.74) is -0.583. The Morgan fingerprint density at radius 2 is 1.36 bits per heavy atom. The number of anilines is 1. The van der Waals surface area contributed by atoms with E-state index in [4.69, 9.17) is 9.47 Å². The topological polar surface area (TPSA) is 138 Å². The highest BCUT2D eigenvalue weighted by molar-refractivity contribution is 6.08. The second-order valence-electron chi connectivity index (χ2n) is 13.2. The van der Waals surface area contributed by atoms with Gasteiger partial charge in [-0.05, 0) is 42.3 Å². The number of alkyl halides is 3. The highest BCUT2D eigenvalue weighted by Crippen LogP contribution is 2.33. The fourth-order valence-corrected chi connectivity index (χ4v) is 5.94. The molecule has 0 aliphatic heterocycles. The van der Waals surface area contributed by atoms with Gasteiger partial charge in [-0.25, -0.2) is 14.8 Å². The van der Waals surface area contributed by atoms with Crippen LogP contribution in [0.5, 0.6) is 5.75 Å². The summed E-state index contributed by atoms with van der Waals surface area (Å²) in [6, 6.07) is 17.8. The van der Waals surface area contributed by atoms with Gasteiger partial charge in [0.05, 0.1) is 30.5 Å². The number of carbonyl (C=O) groups is 2. The van der Waals surface area contributed by atoms with Gasteiger partial charge in [-0.1, -0.05) is 139 Å². The molecule has 4 aromatic rings. The van der Waals surface area contributed by atoms with E-state index in [2.05, 4.69) is 32.4 Å². The number of ether oxygens (including phenoxy) is 2. The molecule has 1 heterocycles. The Kier molecular flexibility index (Phi) is 17.1. The third kappa shape index (κ3) is 13.5. The maximum Gasteiger partial charge on any atom is 0.451 e. The summed E-state index contributed by atoms with van der Waals surface area (Å²) in [6.07, 6.45) is 12.1. The molecule has 0 spiro atoms. The molecule has 0 aliphatic rings. The second kappa shape index (κ2) is 22.1. The van der Waals surface area contributed by atoms with E-state index < -0.39 is 41.2 Å². The summed E-state index contributed by atoms with van der Waals surface area (Å²) in [7, 11) is 1.36. The number of amides is 1. The largest absolute Gasteiger partial charge is 0.870 e. The molecule has 10 nitrogen and oxygen atoms in total. The van der Waals surface area contributed by atoms with Gasteiger partial charge in [0.15, 0.2) is 5.82 Å². The summed E-state index contributed by atoms with van der Waals surface area (Å²) < 4.78 is 51.7. The van der Waals surface area contributed by atoms with Crippen molar-refractivity contribution in [3.8, 4) is 5.75 Å². The number of fused-ring (bicyclic) bond motifs is 1. The van der Waals surface area contributed by atoms with Crippen LogP contribution in [0.15, 0.2) is 88.7 Å². The lowest BCUT2D eigenvalue weighted by Gasteiger charge is -2.17. The van der Waals surface area contributed by atoms with Crippen LogP contribution in [0, 0.1) is 0 Å². The molecule has 1 amide bonds. The van der Waals surface area contributed by atoms with Crippen LogP contribution in [-0.2, 0) is 15.7 Å². The van der Waals surface area contributed by atoms with Crippen molar-refractivity contribution in [2.45, 2.75) is 103 Å². The number of hydrogen-bond acceptors (Lipinski definition) is 9. The molecule has 0 unspecified atom stereocenters. The van der Waals surface area contributed by atoms with E-state index >= 15 is 0 Å². The van der Waals surface area contributed by atoms with Gasteiger partial charge in [0.25, 0.3) is 5.91 Å². The minimum absolute atomic E-state index is 0.0267. The number of benzene rings is 3. The van der Waals surface area contributed by atoms with Crippen molar-refractivity contribution in [3.05, 3.63) is 95.4 Å². The molecule has 1 aromatic heterocycles.